The van der Waals surface area contributed by atoms with Gasteiger partial charge in [-0.15, -0.1) is 0 Å². The fourth-order valence-corrected chi connectivity index (χ4v) is 6.37. The van der Waals surface area contributed by atoms with Crippen molar-refractivity contribution in [3.63, 3.8) is 0 Å². The molecule has 3 N–H and O–H groups in total. The van der Waals surface area contributed by atoms with Crippen molar-refractivity contribution in [2.75, 3.05) is 7.11 Å². The highest BCUT2D eigenvalue weighted by atomic mass is 16.5. The van der Waals surface area contributed by atoms with Crippen molar-refractivity contribution in [1.82, 2.24) is 0 Å². The second-order valence-electron chi connectivity index (χ2n) is 10.3. The highest BCUT2D eigenvalue weighted by molar-refractivity contribution is 5.70. The lowest BCUT2D eigenvalue weighted by molar-refractivity contribution is -0.142. The van der Waals surface area contributed by atoms with E-state index in [1.165, 1.54) is 19.1 Å². The van der Waals surface area contributed by atoms with E-state index in [1.54, 1.807) is 6.08 Å². The van der Waals surface area contributed by atoms with Crippen LogP contribution in [0, 0.1) is 23.2 Å². The predicted octanol–water partition coefficient (Wildman–Crippen LogP) is 4.24. The molecule has 0 aliphatic heterocycles. The van der Waals surface area contributed by atoms with Gasteiger partial charge in [-0.3, -0.25) is 4.79 Å². The van der Waals surface area contributed by atoms with E-state index in [1.807, 2.05) is 0 Å². The minimum Gasteiger partial charge on any atom is -0.469 e. The van der Waals surface area contributed by atoms with Gasteiger partial charge < -0.3 is 20.1 Å². The molecule has 0 heterocycles. The number of methoxy groups -OCH3 is 1. The van der Waals surface area contributed by atoms with E-state index < -0.39 is 24.3 Å². The number of esters is 1. The number of carbonyl (C=O) groups excluding carboxylic acids is 1. The van der Waals surface area contributed by atoms with Crippen LogP contribution in [0.5, 0.6) is 0 Å². The normalized spacial score (nSPS) is 37.6. The topological polar surface area (TPSA) is 87.0 Å². The molecule has 0 spiro atoms. The number of hydrogen-bond donors (Lipinski definition) is 3. The molecule has 7 atom stereocenters. The number of hydrogen-bond acceptors (Lipinski definition) is 5. The number of allylic oxidation sites excluding steroid dienone is 4. The van der Waals surface area contributed by atoms with Gasteiger partial charge in [0.25, 0.3) is 0 Å². The van der Waals surface area contributed by atoms with E-state index in [0.29, 0.717) is 30.6 Å². The van der Waals surface area contributed by atoms with Crippen molar-refractivity contribution in [2.24, 2.45) is 23.2 Å². The first-order valence-electron chi connectivity index (χ1n) is 12.0. The molecule has 0 radical (unpaired) electrons. The molecule has 5 heteroatoms. The van der Waals surface area contributed by atoms with Gasteiger partial charge >= 0.3 is 5.97 Å². The zero-order chi connectivity index (χ0) is 23.5. The Hall–Kier alpha value is -1.69. The van der Waals surface area contributed by atoms with Crippen molar-refractivity contribution in [1.29, 1.82) is 0 Å². The van der Waals surface area contributed by atoms with Gasteiger partial charge in [-0.25, -0.2) is 0 Å². The Kier molecular flexibility index (Phi) is 8.18. The minimum absolute atomic E-state index is 0.0134. The van der Waals surface area contributed by atoms with Crippen LogP contribution in [0.25, 0.3) is 0 Å². The SMILES string of the molecule is C=C1C(=CC=C2CCC[C@]3(C)[C@@H]([C@H](C)C=C[C@@H](O)CC(=O)OC)CC[C@@H]23)C[C@@H](O)C[C@@H]1O. The molecule has 0 unspecified atom stereocenters. The summed E-state index contributed by atoms with van der Waals surface area (Å²) in [5.41, 5.74) is 3.38. The van der Waals surface area contributed by atoms with Gasteiger partial charge in [0.15, 0.2) is 0 Å². The van der Waals surface area contributed by atoms with Crippen LogP contribution < -0.4 is 0 Å². The molecule has 178 valence electrons. The standard InChI is InChI=1S/C27H40O5/c1-17(7-10-21(28)16-26(31)32-4)23-11-12-24-19(6-5-13-27(23,24)3)8-9-20-14-22(29)15-25(30)18(20)2/h7-10,17,21-25,28-30H,2,5-6,11-16H2,1,3-4H3/t17-,21-,22-,23-,24+,25+,27-/m1/s1. The number of aliphatic hydroxyl groups is 3. The van der Waals surface area contributed by atoms with Crippen molar-refractivity contribution < 1.29 is 24.9 Å². The molecule has 3 fully saturated rings. The molecule has 0 aromatic rings. The van der Waals surface area contributed by atoms with Gasteiger partial charge in [-0.1, -0.05) is 50.3 Å². The summed E-state index contributed by atoms with van der Waals surface area (Å²) >= 11 is 0. The summed E-state index contributed by atoms with van der Waals surface area (Å²) in [5, 5.41) is 30.2. The van der Waals surface area contributed by atoms with Gasteiger partial charge in [0.05, 0.1) is 31.8 Å². The molecule has 32 heavy (non-hydrogen) atoms. The van der Waals surface area contributed by atoms with Gasteiger partial charge in [0, 0.05) is 6.42 Å². The summed E-state index contributed by atoms with van der Waals surface area (Å²) in [7, 11) is 1.33. The van der Waals surface area contributed by atoms with E-state index >= 15 is 0 Å². The first-order chi connectivity index (χ1) is 15.2. The molecule has 3 rings (SSSR count). The van der Waals surface area contributed by atoms with Gasteiger partial charge in [0.2, 0.25) is 0 Å². The summed E-state index contributed by atoms with van der Waals surface area (Å²) in [6, 6.07) is 0. The lowest BCUT2D eigenvalue weighted by Gasteiger charge is -2.44. The van der Waals surface area contributed by atoms with Crippen molar-refractivity contribution >= 4 is 5.97 Å². The van der Waals surface area contributed by atoms with Crippen LogP contribution >= 0.6 is 0 Å². The van der Waals surface area contributed by atoms with Crippen LogP contribution in [0.15, 0.2) is 47.6 Å². The first-order valence-corrected chi connectivity index (χ1v) is 12.0. The zero-order valence-corrected chi connectivity index (χ0v) is 19.8. The summed E-state index contributed by atoms with van der Waals surface area (Å²) < 4.78 is 4.63. The smallest absolute Gasteiger partial charge is 0.308 e. The van der Waals surface area contributed by atoms with Crippen molar-refractivity contribution in [3.8, 4) is 0 Å². The molecule has 0 amide bonds. The summed E-state index contributed by atoms with van der Waals surface area (Å²) in [5.74, 6) is 0.970. The Morgan fingerprint density at radius 1 is 1.28 bits per heavy atom. The molecule has 0 saturated heterocycles. The zero-order valence-electron chi connectivity index (χ0n) is 19.8. The van der Waals surface area contributed by atoms with Gasteiger partial charge in [-0.05, 0) is 72.8 Å². The Labute approximate surface area is 192 Å². The van der Waals surface area contributed by atoms with Crippen LogP contribution in [0.4, 0.5) is 0 Å². The number of aliphatic hydroxyl groups excluding tert-OH is 3. The molecule has 5 nitrogen and oxygen atoms in total. The van der Waals surface area contributed by atoms with Crippen LogP contribution in [-0.2, 0) is 9.53 Å². The summed E-state index contributed by atoms with van der Waals surface area (Å²) in [6.07, 6.45) is 12.8. The average Bonchev–Trinajstić information content (AvgIpc) is 3.11. The van der Waals surface area contributed by atoms with Gasteiger partial charge in [0.1, 0.15) is 0 Å². The van der Waals surface area contributed by atoms with Crippen molar-refractivity contribution in [3.05, 3.63) is 47.6 Å². The fraction of sp³-hybridized carbons (Fsp3) is 0.667. The third kappa shape index (κ3) is 5.44. The molecule has 0 aromatic carbocycles. The van der Waals surface area contributed by atoms with Crippen LogP contribution in [0.3, 0.4) is 0 Å². The molecule has 3 aliphatic rings. The molecule has 3 saturated carbocycles. The monoisotopic (exact) mass is 444 g/mol. The molecular formula is C27H40O5. The lowest BCUT2D eigenvalue weighted by atomic mass is 9.61. The number of ether oxygens (including phenoxy) is 1. The number of fused-ring (bicyclic) bond motifs is 1. The molecular weight excluding hydrogens is 404 g/mol. The van der Waals surface area contributed by atoms with Crippen LogP contribution in [0.2, 0.25) is 0 Å². The fourth-order valence-electron chi connectivity index (χ4n) is 6.37. The maximum absolute atomic E-state index is 11.4. The third-order valence-electron chi connectivity index (χ3n) is 8.18. The van der Waals surface area contributed by atoms with Crippen molar-refractivity contribution in [2.45, 2.75) is 83.5 Å². The second kappa shape index (κ2) is 10.5. The predicted molar refractivity (Wildman–Crippen MR) is 126 cm³/mol. The maximum Gasteiger partial charge on any atom is 0.308 e. The van der Waals surface area contributed by atoms with Gasteiger partial charge in [-0.2, -0.15) is 0 Å². The Bertz CT molecular complexity index is 794. The minimum atomic E-state index is -0.808. The maximum atomic E-state index is 11.4. The third-order valence-corrected chi connectivity index (χ3v) is 8.18. The average molecular weight is 445 g/mol. The van der Waals surface area contributed by atoms with Crippen LogP contribution in [-0.4, -0.2) is 46.7 Å². The summed E-state index contributed by atoms with van der Waals surface area (Å²) in [6.45, 7) is 8.66. The van der Waals surface area contributed by atoms with E-state index in [-0.39, 0.29) is 11.8 Å². The largest absolute Gasteiger partial charge is 0.469 e. The lowest BCUT2D eigenvalue weighted by Crippen LogP contribution is -2.35. The molecule has 0 bridgehead atoms. The van der Waals surface area contributed by atoms with E-state index in [9.17, 15) is 20.1 Å². The Morgan fingerprint density at radius 2 is 2.03 bits per heavy atom. The number of carbonyl (C=O) groups is 1. The van der Waals surface area contributed by atoms with E-state index in [2.05, 4.69) is 43.4 Å². The highest BCUT2D eigenvalue weighted by Crippen LogP contribution is 2.59. The van der Waals surface area contributed by atoms with E-state index in [0.717, 1.165) is 36.8 Å². The summed E-state index contributed by atoms with van der Waals surface area (Å²) in [4.78, 5) is 11.4. The Morgan fingerprint density at radius 3 is 2.75 bits per heavy atom. The first kappa shape index (κ1) is 24.9. The van der Waals surface area contributed by atoms with Crippen LogP contribution in [0.1, 0.15) is 65.2 Å². The molecule has 3 aliphatic carbocycles. The Balaban J connectivity index is 1.72. The quantitative estimate of drug-likeness (QED) is 0.421. The second-order valence-corrected chi connectivity index (χ2v) is 10.3. The highest BCUT2D eigenvalue weighted by Gasteiger charge is 2.50. The van der Waals surface area contributed by atoms with E-state index in [4.69, 9.17) is 0 Å². The number of rotatable bonds is 6. The molecule has 0 aromatic heterocycles.